The van der Waals surface area contributed by atoms with Gasteiger partial charge in [0.2, 0.25) is 5.91 Å². The summed E-state index contributed by atoms with van der Waals surface area (Å²) in [6.45, 7) is 1.88. The van der Waals surface area contributed by atoms with Gasteiger partial charge >= 0.3 is 0 Å². The second-order valence-electron chi connectivity index (χ2n) is 6.34. The van der Waals surface area contributed by atoms with Crippen LogP contribution in [0, 0.1) is 11.3 Å². The zero-order valence-electron chi connectivity index (χ0n) is 16.8. The van der Waals surface area contributed by atoms with Crippen LogP contribution in [0.15, 0.2) is 53.7 Å². The summed E-state index contributed by atoms with van der Waals surface area (Å²) in [7, 11) is 3.42. The molecule has 0 fully saturated rings. The Bertz CT molecular complexity index is 1060. The van der Waals surface area contributed by atoms with Crippen molar-refractivity contribution in [3.63, 3.8) is 0 Å². The lowest BCUT2D eigenvalue weighted by Gasteiger charge is -2.16. The maximum absolute atomic E-state index is 12.2. The fourth-order valence-electron chi connectivity index (χ4n) is 2.72. The molecule has 2 aromatic carbocycles. The average molecular weight is 423 g/mol. The zero-order chi connectivity index (χ0) is 21.5. The van der Waals surface area contributed by atoms with E-state index in [9.17, 15) is 4.79 Å². The first-order chi connectivity index (χ1) is 14.5. The molecule has 1 N–H and O–H groups in total. The van der Waals surface area contributed by atoms with Gasteiger partial charge in [0.05, 0.1) is 24.5 Å². The topological polar surface area (TPSA) is 102 Å². The molecule has 1 heterocycles. The maximum Gasteiger partial charge on any atom is 0.234 e. The molecule has 9 heteroatoms. The van der Waals surface area contributed by atoms with Gasteiger partial charge < -0.3 is 19.4 Å². The Morgan fingerprint density at radius 2 is 1.90 bits per heavy atom. The molecular weight excluding hydrogens is 402 g/mol. The van der Waals surface area contributed by atoms with Gasteiger partial charge in [-0.1, -0.05) is 23.9 Å². The van der Waals surface area contributed by atoms with Crippen molar-refractivity contribution in [1.29, 1.82) is 5.26 Å². The normalized spacial score (nSPS) is 11.4. The minimum atomic E-state index is -0.361. The summed E-state index contributed by atoms with van der Waals surface area (Å²) in [5.41, 5.74) is 1.18. The Morgan fingerprint density at radius 3 is 2.57 bits per heavy atom. The Morgan fingerprint density at radius 1 is 1.20 bits per heavy atom. The minimum Gasteiger partial charge on any atom is -0.493 e. The lowest BCUT2D eigenvalue weighted by Crippen LogP contribution is -2.15. The fourth-order valence-corrected chi connectivity index (χ4v) is 3.44. The third-order valence-electron chi connectivity index (χ3n) is 4.24. The highest BCUT2D eigenvalue weighted by molar-refractivity contribution is 7.99. The highest BCUT2D eigenvalue weighted by atomic mass is 32.2. The largest absolute Gasteiger partial charge is 0.493 e. The number of ether oxygens (including phenoxy) is 2. The first-order valence-electron chi connectivity index (χ1n) is 9.13. The van der Waals surface area contributed by atoms with Crippen LogP contribution < -0.4 is 14.8 Å². The summed E-state index contributed by atoms with van der Waals surface area (Å²) in [6, 6.07) is 16.1. The van der Waals surface area contributed by atoms with E-state index in [1.807, 2.05) is 44.3 Å². The van der Waals surface area contributed by atoms with Crippen molar-refractivity contribution in [3.05, 3.63) is 59.9 Å². The van der Waals surface area contributed by atoms with E-state index in [1.165, 1.54) is 11.8 Å². The number of para-hydroxylation sites is 2. The van der Waals surface area contributed by atoms with E-state index in [4.69, 9.17) is 14.7 Å². The van der Waals surface area contributed by atoms with Crippen LogP contribution >= 0.6 is 11.8 Å². The number of nitriles is 1. The van der Waals surface area contributed by atoms with E-state index in [0.29, 0.717) is 33.7 Å². The molecule has 0 saturated carbocycles. The van der Waals surface area contributed by atoms with E-state index in [2.05, 4.69) is 15.5 Å². The second kappa shape index (κ2) is 9.80. The van der Waals surface area contributed by atoms with Crippen LogP contribution in [-0.4, -0.2) is 33.5 Å². The summed E-state index contributed by atoms with van der Waals surface area (Å²) in [5.74, 6) is 1.89. The molecule has 8 nitrogen and oxygen atoms in total. The molecule has 1 atom stereocenters. The summed E-state index contributed by atoms with van der Waals surface area (Å²) >= 11 is 1.28. The molecular formula is C21H21N5O3S. The van der Waals surface area contributed by atoms with Crippen molar-refractivity contribution < 1.29 is 14.3 Å². The number of carbonyl (C=O) groups excluding carboxylic acids is 1. The van der Waals surface area contributed by atoms with E-state index in [0.717, 1.165) is 0 Å². The van der Waals surface area contributed by atoms with Crippen LogP contribution in [0.4, 0.5) is 5.69 Å². The molecule has 0 saturated heterocycles. The smallest absolute Gasteiger partial charge is 0.234 e. The minimum absolute atomic E-state index is 0.174. The van der Waals surface area contributed by atoms with Gasteiger partial charge in [-0.2, -0.15) is 5.26 Å². The Balaban J connectivity index is 1.59. The van der Waals surface area contributed by atoms with Crippen molar-refractivity contribution in [3.8, 4) is 17.6 Å². The summed E-state index contributed by atoms with van der Waals surface area (Å²) in [4.78, 5) is 12.2. The molecule has 3 aromatic rings. The molecule has 1 aromatic heterocycles. The fraction of sp³-hybridized carbons (Fsp3) is 0.238. The standard InChI is InChI=1S/C21H21N5O3S/c1-14(29-18-7-5-4-6-17(18)28-3)20-24-25-21(26(20)2)30-13-19(27)23-16-10-8-15(12-22)9-11-16/h4-11,14H,13H2,1-3H3,(H,23,27). The number of nitrogens with one attached hydrogen (secondary N) is 1. The van der Waals surface area contributed by atoms with E-state index in [1.54, 1.807) is 35.9 Å². The van der Waals surface area contributed by atoms with Crippen molar-refractivity contribution in [2.24, 2.45) is 7.05 Å². The Labute approximate surface area is 178 Å². The van der Waals surface area contributed by atoms with Gasteiger partial charge in [0.15, 0.2) is 28.6 Å². The molecule has 0 bridgehead atoms. The van der Waals surface area contributed by atoms with E-state index >= 15 is 0 Å². The summed E-state index contributed by atoms with van der Waals surface area (Å²) in [6.07, 6.45) is -0.361. The predicted molar refractivity (Wildman–Crippen MR) is 114 cm³/mol. The van der Waals surface area contributed by atoms with Crippen LogP contribution in [0.5, 0.6) is 11.5 Å². The molecule has 1 unspecified atom stereocenters. The number of anilines is 1. The van der Waals surface area contributed by atoms with Gasteiger partial charge in [-0.05, 0) is 43.3 Å². The third kappa shape index (κ3) is 5.10. The number of hydrogen-bond acceptors (Lipinski definition) is 7. The number of carbonyl (C=O) groups is 1. The van der Waals surface area contributed by atoms with Crippen molar-refractivity contribution >= 4 is 23.4 Å². The predicted octanol–water partition coefficient (Wildman–Crippen LogP) is 3.57. The van der Waals surface area contributed by atoms with Gasteiger partial charge in [0, 0.05) is 12.7 Å². The molecule has 30 heavy (non-hydrogen) atoms. The lowest BCUT2D eigenvalue weighted by atomic mass is 10.2. The van der Waals surface area contributed by atoms with Gasteiger partial charge in [0.25, 0.3) is 0 Å². The second-order valence-corrected chi connectivity index (χ2v) is 7.28. The van der Waals surface area contributed by atoms with Crippen molar-refractivity contribution in [2.75, 3.05) is 18.2 Å². The Kier molecular flexibility index (Phi) is 6.93. The van der Waals surface area contributed by atoms with Crippen LogP contribution in [-0.2, 0) is 11.8 Å². The monoisotopic (exact) mass is 423 g/mol. The van der Waals surface area contributed by atoms with Gasteiger partial charge in [-0.25, -0.2) is 0 Å². The maximum atomic E-state index is 12.2. The zero-order valence-corrected chi connectivity index (χ0v) is 17.6. The molecule has 0 radical (unpaired) electrons. The quantitative estimate of drug-likeness (QED) is 0.553. The van der Waals surface area contributed by atoms with Gasteiger partial charge in [0.1, 0.15) is 0 Å². The SMILES string of the molecule is COc1ccccc1OC(C)c1nnc(SCC(=O)Nc2ccc(C#N)cc2)n1C. The number of nitrogens with zero attached hydrogens (tertiary/aromatic N) is 4. The van der Waals surface area contributed by atoms with E-state index < -0.39 is 0 Å². The van der Waals surface area contributed by atoms with Crippen molar-refractivity contribution in [2.45, 2.75) is 18.2 Å². The van der Waals surface area contributed by atoms with Crippen LogP contribution in [0.25, 0.3) is 0 Å². The number of benzene rings is 2. The van der Waals surface area contributed by atoms with Crippen molar-refractivity contribution in [1.82, 2.24) is 14.8 Å². The molecule has 1 amide bonds. The first-order valence-corrected chi connectivity index (χ1v) is 10.1. The van der Waals surface area contributed by atoms with Crippen LogP contribution in [0.3, 0.4) is 0 Å². The summed E-state index contributed by atoms with van der Waals surface area (Å²) in [5, 5.41) is 20.6. The first kappa shape index (κ1) is 21.2. The van der Waals surface area contributed by atoms with Crippen LogP contribution in [0.1, 0.15) is 24.4 Å². The molecule has 0 aliphatic carbocycles. The highest BCUT2D eigenvalue weighted by Crippen LogP contribution is 2.30. The van der Waals surface area contributed by atoms with Crippen LogP contribution in [0.2, 0.25) is 0 Å². The van der Waals surface area contributed by atoms with Gasteiger partial charge in [-0.3, -0.25) is 4.79 Å². The average Bonchev–Trinajstić information content (AvgIpc) is 3.13. The number of thioether (sulfide) groups is 1. The molecule has 0 spiro atoms. The molecule has 0 aliphatic heterocycles. The Hall–Kier alpha value is -3.51. The number of amides is 1. The number of rotatable bonds is 8. The molecule has 3 rings (SSSR count). The third-order valence-corrected chi connectivity index (χ3v) is 5.26. The lowest BCUT2D eigenvalue weighted by molar-refractivity contribution is -0.113. The number of aromatic nitrogens is 3. The number of methoxy groups -OCH3 is 1. The number of hydrogen-bond donors (Lipinski definition) is 1. The van der Waals surface area contributed by atoms with Gasteiger partial charge in [-0.15, -0.1) is 10.2 Å². The molecule has 154 valence electrons. The van der Waals surface area contributed by atoms with E-state index in [-0.39, 0.29) is 17.8 Å². The molecule has 0 aliphatic rings. The highest BCUT2D eigenvalue weighted by Gasteiger charge is 2.19. The summed E-state index contributed by atoms with van der Waals surface area (Å²) < 4.78 is 13.1.